The molecule has 0 aromatic carbocycles. The third-order valence-electron chi connectivity index (χ3n) is 6.40. The number of rotatable bonds is 1. The van der Waals surface area contributed by atoms with Crippen molar-refractivity contribution in [2.45, 2.75) is 38.1 Å². The molecule has 1 aromatic rings. The van der Waals surface area contributed by atoms with Crippen LogP contribution in [0.1, 0.15) is 32.1 Å². The van der Waals surface area contributed by atoms with Crippen LogP contribution in [0.5, 0.6) is 0 Å². The van der Waals surface area contributed by atoms with Crippen molar-refractivity contribution in [3.8, 4) is 0 Å². The highest BCUT2D eigenvalue weighted by molar-refractivity contribution is 6.03. The van der Waals surface area contributed by atoms with Gasteiger partial charge in [-0.2, -0.15) is 0 Å². The molecule has 24 heavy (non-hydrogen) atoms. The van der Waals surface area contributed by atoms with Crippen molar-refractivity contribution in [2.24, 2.45) is 5.41 Å². The van der Waals surface area contributed by atoms with E-state index in [-0.39, 0.29) is 11.9 Å². The second kappa shape index (κ2) is 5.34. The Hall–Kier alpha value is -1.82. The van der Waals surface area contributed by atoms with Crippen LogP contribution in [0.2, 0.25) is 0 Å². The van der Waals surface area contributed by atoms with Crippen LogP contribution < -0.4 is 20.4 Å². The monoisotopic (exact) mass is 327 g/mol. The Kier molecular flexibility index (Phi) is 3.23. The highest BCUT2D eigenvalue weighted by atomic mass is 16.2. The second-order valence-electron chi connectivity index (χ2n) is 7.85. The molecule has 1 spiro atoms. The first-order chi connectivity index (χ1) is 11.7. The molecule has 128 valence electrons. The first kappa shape index (κ1) is 14.5. The summed E-state index contributed by atoms with van der Waals surface area (Å²) in [6, 6.07) is 2.00. The smallest absolute Gasteiger partial charge is 0.248 e. The minimum Gasteiger partial charge on any atom is -0.370 e. The van der Waals surface area contributed by atoms with Crippen molar-refractivity contribution in [1.82, 2.24) is 10.3 Å². The predicted molar refractivity (Wildman–Crippen MR) is 94.6 cm³/mol. The van der Waals surface area contributed by atoms with Gasteiger partial charge in [0.2, 0.25) is 5.91 Å². The molecule has 0 bridgehead atoms. The van der Waals surface area contributed by atoms with Gasteiger partial charge in [-0.15, -0.1) is 0 Å². The Morgan fingerprint density at radius 3 is 2.96 bits per heavy atom. The lowest BCUT2D eigenvalue weighted by Crippen LogP contribution is -2.59. The zero-order valence-corrected chi connectivity index (χ0v) is 14.1. The number of hydrogen-bond acceptors (Lipinski definition) is 5. The van der Waals surface area contributed by atoms with Crippen molar-refractivity contribution in [3.63, 3.8) is 0 Å². The second-order valence-corrected chi connectivity index (χ2v) is 7.85. The Morgan fingerprint density at radius 2 is 2.08 bits per heavy atom. The molecule has 1 aliphatic carbocycles. The van der Waals surface area contributed by atoms with Gasteiger partial charge in [-0.05, 0) is 30.7 Å². The highest BCUT2D eigenvalue weighted by Crippen LogP contribution is 2.46. The fraction of sp³-hybridized carbons (Fsp3) is 0.667. The number of hydrogen-bond donors (Lipinski definition) is 2. The number of nitrogens with one attached hydrogen (secondary N) is 2. The van der Waals surface area contributed by atoms with Gasteiger partial charge in [0, 0.05) is 32.7 Å². The first-order valence-corrected chi connectivity index (χ1v) is 9.27. The average Bonchev–Trinajstić information content (AvgIpc) is 3.25. The molecule has 6 heteroatoms. The number of piperazine rings is 1. The van der Waals surface area contributed by atoms with Gasteiger partial charge >= 0.3 is 0 Å². The summed E-state index contributed by atoms with van der Waals surface area (Å²) < 4.78 is 0. The molecule has 0 radical (unpaired) electrons. The highest BCUT2D eigenvalue weighted by Gasteiger charge is 2.41. The van der Waals surface area contributed by atoms with Gasteiger partial charge in [0.15, 0.2) is 5.82 Å². The zero-order valence-electron chi connectivity index (χ0n) is 14.1. The summed E-state index contributed by atoms with van der Waals surface area (Å²) in [6.07, 6.45) is 8.83. The number of nitrogens with zero attached hydrogens (tertiary/aromatic N) is 3. The number of fused-ring (bicyclic) bond motifs is 3. The summed E-state index contributed by atoms with van der Waals surface area (Å²) in [5.74, 6) is 1.02. The molecular weight excluding hydrogens is 302 g/mol. The maximum Gasteiger partial charge on any atom is 0.248 e. The standard InChI is InChI=1S/C18H25N5O/c24-17-15-11-19-6-8-23(15)16-14(21-17)9-13(10-20-16)22-7-5-18(12-22)3-1-2-4-18/h9-10,15,19H,1-8,11-12H2,(H,21,24). The van der Waals surface area contributed by atoms with Crippen molar-refractivity contribution in [2.75, 3.05) is 47.8 Å². The van der Waals surface area contributed by atoms with Crippen molar-refractivity contribution >= 4 is 23.1 Å². The largest absolute Gasteiger partial charge is 0.370 e. The van der Waals surface area contributed by atoms with Gasteiger partial charge in [0.25, 0.3) is 0 Å². The number of carbonyl (C=O) groups is 1. The van der Waals surface area contributed by atoms with Gasteiger partial charge < -0.3 is 20.4 Å². The lowest BCUT2D eigenvalue weighted by Gasteiger charge is -2.40. The summed E-state index contributed by atoms with van der Waals surface area (Å²) in [7, 11) is 0. The van der Waals surface area contributed by atoms with E-state index in [0.717, 1.165) is 43.4 Å². The van der Waals surface area contributed by atoms with E-state index in [0.29, 0.717) is 12.0 Å². The minimum absolute atomic E-state index is 0.0855. The third-order valence-corrected chi connectivity index (χ3v) is 6.40. The fourth-order valence-corrected chi connectivity index (χ4v) is 5.04. The summed E-state index contributed by atoms with van der Waals surface area (Å²) >= 11 is 0. The lowest BCUT2D eigenvalue weighted by molar-refractivity contribution is -0.117. The van der Waals surface area contributed by atoms with E-state index < -0.39 is 0 Å². The maximum atomic E-state index is 12.4. The van der Waals surface area contributed by atoms with E-state index in [4.69, 9.17) is 4.98 Å². The van der Waals surface area contributed by atoms with Gasteiger partial charge in [0.1, 0.15) is 6.04 Å². The summed E-state index contributed by atoms with van der Waals surface area (Å²) in [6.45, 7) is 4.71. The molecule has 1 unspecified atom stereocenters. The minimum atomic E-state index is -0.127. The van der Waals surface area contributed by atoms with E-state index in [1.165, 1.54) is 32.1 Å². The van der Waals surface area contributed by atoms with Crippen molar-refractivity contribution < 1.29 is 4.79 Å². The fourth-order valence-electron chi connectivity index (χ4n) is 5.04. The number of pyridine rings is 1. The normalized spacial score (nSPS) is 28.0. The molecule has 1 atom stereocenters. The van der Waals surface area contributed by atoms with E-state index in [1.807, 2.05) is 6.20 Å². The number of carbonyl (C=O) groups excluding carboxylic acids is 1. The van der Waals surface area contributed by atoms with E-state index >= 15 is 0 Å². The van der Waals surface area contributed by atoms with Crippen LogP contribution in [0.3, 0.4) is 0 Å². The van der Waals surface area contributed by atoms with Gasteiger partial charge in [-0.1, -0.05) is 12.8 Å². The summed E-state index contributed by atoms with van der Waals surface area (Å²) in [4.78, 5) is 21.7. The molecular formula is C18H25N5O. The molecule has 4 heterocycles. The summed E-state index contributed by atoms with van der Waals surface area (Å²) in [5.41, 5.74) is 2.58. The van der Waals surface area contributed by atoms with Crippen LogP contribution >= 0.6 is 0 Å². The van der Waals surface area contributed by atoms with Crippen LogP contribution in [-0.4, -0.2) is 49.7 Å². The molecule has 2 saturated heterocycles. The maximum absolute atomic E-state index is 12.4. The molecule has 4 aliphatic rings. The van der Waals surface area contributed by atoms with Gasteiger partial charge in [-0.25, -0.2) is 4.98 Å². The SMILES string of the molecule is O=C1Nc2cc(N3CCC4(CCCC4)C3)cnc2N2CCNCC12. The average molecular weight is 327 g/mol. The van der Waals surface area contributed by atoms with Crippen molar-refractivity contribution in [1.29, 1.82) is 0 Å². The Balaban J connectivity index is 1.42. The third kappa shape index (κ3) is 2.19. The Labute approximate surface area is 142 Å². The zero-order chi connectivity index (χ0) is 16.1. The van der Waals surface area contributed by atoms with Gasteiger partial charge in [-0.3, -0.25) is 4.79 Å². The van der Waals surface area contributed by atoms with E-state index in [2.05, 4.69) is 26.5 Å². The van der Waals surface area contributed by atoms with Gasteiger partial charge in [0.05, 0.1) is 17.6 Å². The quantitative estimate of drug-likeness (QED) is 0.820. The summed E-state index contributed by atoms with van der Waals surface area (Å²) in [5, 5.41) is 6.36. The van der Waals surface area contributed by atoms with Crippen molar-refractivity contribution in [3.05, 3.63) is 12.3 Å². The van der Waals surface area contributed by atoms with Crippen LogP contribution in [0.4, 0.5) is 17.2 Å². The number of anilines is 3. The molecule has 2 N–H and O–H groups in total. The molecule has 3 fully saturated rings. The van der Waals surface area contributed by atoms with Crippen LogP contribution in [-0.2, 0) is 4.79 Å². The molecule has 1 saturated carbocycles. The van der Waals surface area contributed by atoms with Crippen LogP contribution in [0.25, 0.3) is 0 Å². The molecule has 1 aromatic heterocycles. The number of amides is 1. The molecule has 6 nitrogen and oxygen atoms in total. The van der Waals surface area contributed by atoms with E-state index in [1.54, 1.807) is 0 Å². The lowest BCUT2D eigenvalue weighted by atomic mass is 9.86. The molecule has 3 aliphatic heterocycles. The Bertz CT molecular complexity index is 669. The topological polar surface area (TPSA) is 60.5 Å². The predicted octanol–water partition coefficient (Wildman–Crippen LogP) is 1.58. The van der Waals surface area contributed by atoms with Crippen LogP contribution in [0, 0.1) is 5.41 Å². The Morgan fingerprint density at radius 1 is 1.21 bits per heavy atom. The van der Waals surface area contributed by atoms with E-state index in [9.17, 15) is 4.79 Å². The molecule has 1 amide bonds. The number of aromatic nitrogens is 1. The molecule has 5 rings (SSSR count). The van der Waals surface area contributed by atoms with Crippen LogP contribution in [0.15, 0.2) is 12.3 Å². The first-order valence-electron chi connectivity index (χ1n) is 9.27.